The number of fused-ring (bicyclic) bond motifs is 1. The summed E-state index contributed by atoms with van der Waals surface area (Å²) < 4.78 is 1.99. The number of carbonyl (C=O) groups is 1. The van der Waals surface area contributed by atoms with E-state index in [0.29, 0.717) is 13.1 Å². The molecule has 5 heteroatoms. The monoisotopic (exact) mass is 209 g/mol. The predicted octanol–water partition coefficient (Wildman–Crippen LogP) is 0.299. The molecule has 2 rings (SSSR count). The van der Waals surface area contributed by atoms with Crippen molar-refractivity contribution < 1.29 is 9.90 Å². The van der Waals surface area contributed by atoms with Gasteiger partial charge in [-0.25, -0.2) is 4.98 Å². The lowest BCUT2D eigenvalue weighted by Crippen LogP contribution is -2.37. The summed E-state index contributed by atoms with van der Waals surface area (Å²) in [6.45, 7) is 5.24. The molecule has 1 aliphatic heterocycles. The summed E-state index contributed by atoms with van der Waals surface area (Å²) in [5.41, 5.74) is 0.827. The van der Waals surface area contributed by atoms with Gasteiger partial charge >= 0.3 is 0 Å². The van der Waals surface area contributed by atoms with Crippen molar-refractivity contribution >= 4 is 5.91 Å². The highest BCUT2D eigenvalue weighted by atomic mass is 16.3. The first kappa shape index (κ1) is 10.2. The molecule has 1 aliphatic rings. The topological polar surface area (TPSA) is 58.4 Å². The Balaban J connectivity index is 2.26. The standard InChI is InChI=1S/C10H15N3O2/c1-7(14)9-5-11-10-6-12(8(2)15)3-4-13(9)10/h5,7,14H,3-4,6H2,1-2H3. The van der Waals surface area contributed by atoms with E-state index in [9.17, 15) is 9.90 Å². The Hall–Kier alpha value is -1.36. The van der Waals surface area contributed by atoms with Crippen LogP contribution in [0.1, 0.15) is 31.5 Å². The summed E-state index contributed by atoms with van der Waals surface area (Å²) >= 11 is 0. The lowest BCUT2D eigenvalue weighted by atomic mass is 10.3. The van der Waals surface area contributed by atoms with Gasteiger partial charge in [-0.15, -0.1) is 0 Å². The number of nitrogens with zero attached hydrogens (tertiary/aromatic N) is 3. The number of aliphatic hydroxyl groups excluding tert-OH is 1. The second-order valence-electron chi connectivity index (χ2n) is 3.87. The van der Waals surface area contributed by atoms with E-state index in [-0.39, 0.29) is 5.91 Å². The van der Waals surface area contributed by atoms with E-state index in [1.165, 1.54) is 0 Å². The van der Waals surface area contributed by atoms with E-state index in [1.54, 1.807) is 24.9 Å². The maximum atomic E-state index is 11.2. The van der Waals surface area contributed by atoms with Crippen molar-refractivity contribution in [2.24, 2.45) is 0 Å². The van der Waals surface area contributed by atoms with Crippen LogP contribution in [-0.2, 0) is 17.9 Å². The van der Waals surface area contributed by atoms with Crippen LogP contribution >= 0.6 is 0 Å². The van der Waals surface area contributed by atoms with Gasteiger partial charge in [0.2, 0.25) is 5.91 Å². The summed E-state index contributed by atoms with van der Waals surface area (Å²) in [4.78, 5) is 17.2. The van der Waals surface area contributed by atoms with Crippen molar-refractivity contribution in [3.05, 3.63) is 17.7 Å². The van der Waals surface area contributed by atoms with Gasteiger partial charge in [-0.3, -0.25) is 4.79 Å². The van der Waals surface area contributed by atoms with Crippen molar-refractivity contribution in [2.75, 3.05) is 6.54 Å². The number of imidazole rings is 1. The van der Waals surface area contributed by atoms with E-state index >= 15 is 0 Å². The second kappa shape index (κ2) is 3.66. The van der Waals surface area contributed by atoms with Gasteiger partial charge in [0.1, 0.15) is 5.82 Å². The zero-order valence-corrected chi connectivity index (χ0v) is 8.97. The highest BCUT2D eigenvalue weighted by molar-refractivity contribution is 5.73. The number of hydrogen-bond donors (Lipinski definition) is 1. The SMILES string of the molecule is CC(=O)N1CCn2c(C(C)O)cnc2C1. The lowest BCUT2D eigenvalue weighted by molar-refractivity contribution is -0.130. The van der Waals surface area contributed by atoms with Crippen LogP contribution in [0.15, 0.2) is 6.20 Å². The normalized spacial score (nSPS) is 17.4. The van der Waals surface area contributed by atoms with Crippen molar-refractivity contribution in [1.82, 2.24) is 14.5 Å². The van der Waals surface area contributed by atoms with Crippen LogP contribution in [0.5, 0.6) is 0 Å². The van der Waals surface area contributed by atoms with Gasteiger partial charge in [-0.2, -0.15) is 0 Å². The van der Waals surface area contributed by atoms with Gasteiger partial charge in [-0.1, -0.05) is 0 Å². The summed E-state index contributed by atoms with van der Waals surface area (Å²) in [5, 5.41) is 9.50. The molecule has 0 aromatic carbocycles. The number of amides is 1. The predicted molar refractivity (Wildman–Crippen MR) is 54.0 cm³/mol. The Kier molecular flexibility index (Phi) is 2.48. The fraction of sp³-hybridized carbons (Fsp3) is 0.600. The quantitative estimate of drug-likeness (QED) is 0.723. The van der Waals surface area contributed by atoms with Gasteiger partial charge in [0.25, 0.3) is 0 Å². The molecule has 0 saturated heterocycles. The summed E-state index contributed by atoms with van der Waals surface area (Å²) in [5.74, 6) is 0.926. The molecule has 0 bridgehead atoms. The third kappa shape index (κ3) is 1.74. The summed E-state index contributed by atoms with van der Waals surface area (Å²) in [6.07, 6.45) is 1.18. The minimum Gasteiger partial charge on any atom is -0.387 e. The molecule has 1 amide bonds. The van der Waals surface area contributed by atoms with Gasteiger partial charge in [0, 0.05) is 20.0 Å². The van der Waals surface area contributed by atoms with E-state index in [1.807, 2.05) is 4.57 Å². The zero-order chi connectivity index (χ0) is 11.0. The van der Waals surface area contributed by atoms with Crippen LogP contribution < -0.4 is 0 Å². The molecule has 1 unspecified atom stereocenters. The molecule has 1 N–H and O–H groups in total. The Bertz CT molecular complexity index is 384. The molecule has 15 heavy (non-hydrogen) atoms. The van der Waals surface area contributed by atoms with E-state index in [4.69, 9.17) is 0 Å². The minimum absolute atomic E-state index is 0.0721. The molecule has 0 fully saturated rings. The molecule has 0 radical (unpaired) electrons. The highest BCUT2D eigenvalue weighted by Gasteiger charge is 2.22. The molecule has 82 valence electrons. The zero-order valence-electron chi connectivity index (χ0n) is 8.97. The number of hydrogen-bond acceptors (Lipinski definition) is 3. The van der Waals surface area contributed by atoms with Gasteiger partial charge in [-0.05, 0) is 6.92 Å². The molecule has 0 aliphatic carbocycles. The number of aliphatic hydroxyl groups is 1. The largest absolute Gasteiger partial charge is 0.387 e. The van der Waals surface area contributed by atoms with Gasteiger partial charge in [0.15, 0.2) is 0 Å². The highest BCUT2D eigenvalue weighted by Crippen LogP contribution is 2.19. The number of aromatic nitrogens is 2. The van der Waals surface area contributed by atoms with Crippen molar-refractivity contribution in [1.29, 1.82) is 0 Å². The molecule has 1 atom stereocenters. The van der Waals surface area contributed by atoms with Crippen LogP contribution in [0.25, 0.3) is 0 Å². The smallest absolute Gasteiger partial charge is 0.219 e. The average molecular weight is 209 g/mol. The number of rotatable bonds is 1. The number of carbonyl (C=O) groups excluding carboxylic acids is 1. The average Bonchev–Trinajstić information content (AvgIpc) is 2.59. The van der Waals surface area contributed by atoms with Crippen LogP contribution in [0.3, 0.4) is 0 Å². The maximum absolute atomic E-state index is 11.2. The molecular weight excluding hydrogens is 194 g/mol. The van der Waals surface area contributed by atoms with Crippen molar-refractivity contribution in [3.8, 4) is 0 Å². The van der Waals surface area contributed by atoms with E-state index in [0.717, 1.165) is 18.1 Å². The Morgan fingerprint density at radius 3 is 2.93 bits per heavy atom. The molecular formula is C10H15N3O2. The van der Waals surface area contributed by atoms with Crippen LogP contribution in [-0.4, -0.2) is 32.0 Å². The van der Waals surface area contributed by atoms with Crippen LogP contribution in [0.4, 0.5) is 0 Å². The molecule has 1 aromatic rings. The van der Waals surface area contributed by atoms with E-state index < -0.39 is 6.10 Å². The van der Waals surface area contributed by atoms with Crippen molar-refractivity contribution in [2.45, 2.75) is 33.0 Å². The van der Waals surface area contributed by atoms with Crippen LogP contribution in [0.2, 0.25) is 0 Å². The Labute approximate surface area is 88.3 Å². The summed E-state index contributed by atoms with van der Waals surface area (Å²) in [7, 11) is 0. The Morgan fingerprint density at radius 2 is 2.33 bits per heavy atom. The lowest BCUT2D eigenvalue weighted by Gasteiger charge is -2.27. The van der Waals surface area contributed by atoms with Crippen molar-refractivity contribution in [3.63, 3.8) is 0 Å². The molecule has 0 spiro atoms. The Morgan fingerprint density at radius 1 is 1.60 bits per heavy atom. The first-order valence-electron chi connectivity index (χ1n) is 5.07. The third-order valence-corrected chi connectivity index (χ3v) is 2.77. The van der Waals surface area contributed by atoms with Crippen LogP contribution in [0, 0.1) is 0 Å². The molecule has 5 nitrogen and oxygen atoms in total. The second-order valence-corrected chi connectivity index (χ2v) is 3.87. The first-order chi connectivity index (χ1) is 7.09. The minimum atomic E-state index is -0.505. The molecule has 2 heterocycles. The molecule has 0 saturated carbocycles. The fourth-order valence-electron chi connectivity index (χ4n) is 1.89. The van der Waals surface area contributed by atoms with Gasteiger partial charge < -0.3 is 14.6 Å². The van der Waals surface area contributed by atoms with E-state index in [2.05, 4.69) is 4.98 Å². The maximum Gasteiger partial charge on any atom is 0.219 e. The van der Waals surface area contributed by atoms with Gasteiger partial charge in [0.05, 0.1) is 24.5 Å². The third-order valence-electron chi connectivity index (χ3n) is 2.77. The molecule has 1 aromatic heterocycles. The summed E-state index contributed by atoms with van der Waals surface area (Å²) in [6, 6.07) is 0. The first-order valence-corrected chi connectivity index (χ1v) is 5.07. The fourth-order valence-corrected chi connectivity index (χ4v) is 1.89.